The van der Waals surface area contributed by atoms with E-state index in [0.717, 1.165) is 51.0 Å². The number of furan rings is 1. The van der Waals surface area contributed by atoms with Crippen LogP contribution in [0, 0.1) is 24.3 Å². The van der Waals surface area contributed by atoms with E-state index < -0.39 is 0 Å². The predicted octanol–water partition coefficient (Wildman–Crippen LogP) is 10.9. The molecule has 0 fully saturated rings. The minimum absolute atomic E-state index is 0.272. The van der Waals surface area contributed by atoms with E-state index in [2.05, 4.69) is 120 Å². The summed E-state index contributed by atoms with van der Waals surface area (Å²) in [6.07, 6.45) is 5.61. The Balaban J connectivity index is 1.29. The monoisotopic (exact) mass is 557 g/mol. The number of hydrogen-bond acceptors (Lipinski definition) is 2. The van der Waals surface area contributed by atoms with E-state index in [1.807, 2.05) is 30.3 Å². The van der Waals surface area contributed by atoms with Crippen LogP contribution in [0.2, 0.25) is 0 Å². The molecule has 44 heavy (non-hydrogen) atoms. The number of nitrogens with zero attached hydrogens (tertiary/aromatic N) is 1. The largest absolute Gasteiger partial charge is 0.456 e. The maximum atomic E-state index is 6.32. The Kier molecular flexibility index (Phi) is 4.70. The second-order valence-electron chi connectivity index (χ2n) is 11.7. The zero-order valence-corrected chi connectivity index (χ0v) is 23.7. The summed E-state index contributed by atoms with van der Waals surface area (Å²) < 4.78 is 6.32. The van der Waals surface area contributed by atoms with E-state index >= 15 is 0 Å². The highest BCUT2D eigenvalue weighted by atomic mass is 16.3. The lowest BCUT2D eigenvalue weighted by Gasteiger charge is -2.28. The van der Waals surface area contributed by atoms with Crippen LogP contribution >= 0.6 is 0 Å². The average Bonchev–Trinajstić information content (AvgIpc) is 3.42. The third-order valence-electron chi connectivity index (χ3n) is 9.44. The number of rotatable bonds is 3. The molecule has 3 aliphatic rings. The molecule has 0 amide bonds. The van der Waals surface area contributed by atoms with Crippen molar-refractivity contribution in [2.45, 2.75) is 12.3 Å². The molecule has 3 aliphatic carbocycles. The number of allylic oxidation sites excluding steroid dienone is 4. The molecule has 1 aromatic heterocycles. The Hall–Kier alpha value is -5.96. The third-order valence-corrected chi connectivity index (χ3v) is 9.44. The van der Waals surface area contributed by atoms with Gasteiger partial charge in [-0.2, -0.15) is 0 Å². The van der Waals surface area contributed by atoms with E-state index in [-0.39, 0.29) is 5.92 Å². The second kappa shape index (κ2) is 8.78. The maximum Gasteiger partial charge on any atom is 0.137 e. The molecule has 2 heteroatoms. The number of fused-ring (bicyclic) bond motifs is 7. The molecule has 202 valence electrons. The van der Waals surface area contributed by atoms with Crippen LogP contribution in [0.5, 0.6) is 0 Å². The lowest BCUT2D eigenvalue weighted by atomic mass is 9.78. The van der Waals surface area contributed by atoms with E-state index in [4.69, 9.17) is 4.42 Å². The van der Waals surface area contributed by atoms with Gasteiger partial charge >= 0.3 is 0 Å². The lowest BCUT2D eigenvalue weighted by Crippen LogP contribution is -2.11. The van der Waals surface area contributed by atoms with Gasteiger partial charge in [-0.15, -0.1) is 0 Å². The smallest absolute Gasteiger partial charge is 0.137 e. The summed E-state index contributed by atoms with van der Waals surface area (Å²) in [4.78, 5) is 2.30. The third kappa shape index (κ3) is 3.12. The van der Waals surface area contributed by atoms with Crippen LogP contribution < -0.4 is 4.90 Å². The first-order valence-corrected chi connectivity index (χ1v) is 15.1. The van der Waals surface area contributed by atoms with Crippen molar-refractivity contribution in [2.24, 2.45) is 0 Å². The first-order chi connectivity index (χ1) is 21.8. The van der Waals surface area contributed by atoms with Crippen molar-refractivity contribution in [3.05, 3.63) is 162 Å². The fourth-order valence-corrected chi connectivity index (χ4v) is 7.70. The van der Waals surface area contributed by atoms with Crippen LogP contribution in [0.25, 0.3) is 55.3 Å². The molecule has 6 aromatic carbocycles. The van der Waals surface area contributed by atoms with Crippen molar-refractivity contribution in [2.75, 3.05) is 4.90 Å². The highest BCUT2D eigenvalue weighted by Crippen LogP contribution is 2.58. The molecule has 0 saturated heterocycles. The first-order valence-electron chi connectivity index (χ1n) is 15.1. The van der Waals surface area contributed by atoms with Gasteiger partial charge in [-0.25, -0.2) is 0 Å². The van der Waals surface area contributed by atoms with Crippen LogP contribution in [-0.4, -0.2) is 0 Å². The molecule has 0 N–H and O–H groups in total. The molecule has 7 aromatic rings. The maximum absolute atomic E-state index is 6.32. The molecular formula is C42H23NO. The Bertz CT molecular complexity index is 2370. The molecule has 1 atom stereocenters. The van der Waals surface area contributed by atoms with Crippen LogP contribution in [0.15, 0.2) is 126 Å². The molecule has 0 spiro atoms. The second-order valence-corrected chi connectivity index (χ2v) is 11.7. The van der Waals surface area contributed by atoms with Crippen molar-refractivity contribution >= 4 is 50.1 Å². The molecule has 0 saturated carbocycles. The van der Waals surface area contributed by atoms with Crippen molar-refractivity contribution in [1.29, 1.82) is 0 Å². The summed E-state index contributed by atoms with van der Waals surface area (Å²) in [5.41, 5.74) is 16.3. The van der Waals surface area contributed by atoms with E-state index in [9.17, 15) is 0 Å². The average molecular weight is 558 g/mol. The van der Waals surface area contributed by atoms with Crippen LogP contribution in [0.3, 0.4) is 0 Å². The van der Waals surface area contributed by atoms with Gasteiger partial charge in [0.2, 0.25) is 0 Å². The number of para-hydroxylation sites is 1. The fraction of sp³-hybridized carbons (Fsp3) is 0.0476. The lowest BCUT2D eigenvalue weighted by molar-refractivity contribution is 0.669. The van der Waals surface area contributed by atoms with Gasteiger partial charge < -0.3 is 9.32 Å². The summed E-state index contributed by atoms with van der Waals surface area (Å²) >= 11 is 0. The standard InChI is InChI=1S/C42H23NO/c1-2-11-26(12-3-1)43(37-20-10-22-39-42(37)35-15-6-7-21-38(35)44-39)27-23-24-29-32-17-9-18-33-34-19-8-16-31(41(34)36(29)25-27)28-13-4-5-14-30(28)40(32)33/h1-2,5-11,14-18,20-25,34H,19H2. The Morgan fingerprint density at radius 2 is 1.61 bits per heavy atom. The molecular weight excluding hydrogens is 534 g/mol. The van der Waals surface area contributed by atoms with Gasteiger partial charge in [0.1, 0.15) is 11.2 Å². The normalized spacial score (nSPS) is 15.3. The van der Waals surface area contributed by atoms with Gasteiger partial charge in [0.05, 0.1) is 16.8 Å². The summed E-state index contributed by atoms with van der Waals surface area (Å²) in [6, 6.07) is 52.0. The minimum Gasteiger partial charge on any atom is -0.456 e. The molecule has 0 radical (unpaired) electrons. The SMILES string of the molecule is c1cccc(N(c2ccc3c(c2)C2=C4C=CCC2c2cccc-3c2-c2ccc#cc24)c2cccc3oc4ccccc4c23)c#1. The van der Waals surface area contributed by atoms with Gasteiger partial charge in [0, 0.05) is 22.6 Å². The molecule has 10 rings (SSSR count). The highest BCUT2D eigenvalue weighted by Gasteiger charge is 2.36. The van der Waals surface area contributed by atoms with Gasteiger partial charge in [-0.1, -0.05) is 84.9 Å². The zero-order valence-electron chi connectivity index (χ0n) is 23.7. The highest BCUT2D eigenvalue weighted by molar-refractivity contribution is 6.15. The quantitative estimate of drug-likeness (QED) is 0.215. The topological polar surface area (TPSA) is 16.4 Å². The molecule has 1 heterocycles. The summed E-state index contributed by atoms with van der Waals surface area (Å²) in [6.45, 7) is 0. The summed E-state index contributed by atoms with van der Waals surface area (Å²) in [5.74, 6) is 0.272. The Morgan fingerprint density at radius 3 is 2.57 bits per heavy atom. The molecule has 0 aliphatic heterocycles. The van der Waals surface area contributed by atoms with E-state index in [1.165, 1.54) is 44.5 Å². The molecule has 1 unspecified atom stereocenters. The number of anilines is 3. The summed E-state index contributed by atoms with van der Waals surface area (Å²) in [5, 5.41) is 2.18. The van der Waals surface area contributed by atoms with Crippen molar-refractivity contribution in [3.8, 4) is 22.3 Å². The van der Waals surface area contributed by atoms with Crippen LogP contribution in [0.4, 0.5) is 17.1 Å². The van der Waals surface area contributed by atoms with Gasteiger partial charge in [-0.3, -0.25) is 0 Å². The number of hydrogen-bond donors (Lipinski definition) is 0. The number of benzene rings is 4. The fourth-order valence-electron chi connectivity index (χ4n) is 7.70. The van der Waals surface area contributed by atoms with Gasteiger partial charge in [0.15, 0.2) is 0 Å². The minimum atomic E-state index is 0.272. The first kappa shape index (κ1) is 23.6. The summed E-state index contributed by atoms with van der Waals surface area (Å²) in [7, 11) is 0. The van der Waals surface area contributed by atoms with Crippen molar-refractivity contribution in [1.82, 2.24) is 0 Å². The van der Waals surface area contributed by atoms with E-state index in [0.29, 0.717) is 0 Å². The van der Waals surface area contributed by atoms with Gasteiger partial charge in [0.25, 0.3) is 0 Å². The van der Waals surface area contributed by atoms with Gasteiger partial charge in [-0.05, 0) is 112 Å². The molecule has 2 nitrogen and oxygen atoms in total. The Morgan fingerprint density at radius 1 is 0.705 bits per heavy atom. The van der Waals surface area contributed by atoms with Crippen molar-refractivity contribution < 1.29 is 4.42 Å². The predicted molar refractivity (Wildman–Crippen MR) is 178 cm³/mol. The molecule has 6 bridgehead atoms. The van der Waals surface area contributed by atoms with Crippen LogP contribution in [0.1, 0.15) is 29.0 Å². The van der Waals surface area contributed by atoms with Crippen LogP contribution in [-0.2, 0) is 0 Å². The van der Waals surface area contributed by atoms with E-state index in [1.54, 1.807) is 0 Å². The Labute approximate surface area is 255 Å². The van der Waals surface area contributed by atoms with Crippen molar-refractivity contribution in [3.63, 3.8) is 0 Å². The zero-order chi connectivity index (χ0) is 28.8.